The fraction of sp³-hybridized carbons (Fsp3) is 0.625. The van der Waals surface area contributed by atoms with Crippen LogP contribution in [-0.2, 0) is 17.8 Å². The number of piperazine rings is 1. The van der Waals surface area contributed by atoms with E-state index >= 15 is 0 Å². The van der Waals surface area contributed by atoms with Crippen LogP contribution in [0.5, 0.6) is 5.75 Å². The molecule has 2 aliphatic carbocycles. The van der Waals surface area contributed by atoms with E-state index in [1.165, 1.54) is 47.4 Å². The lowest BCUT2D eigenvalue weighted by Gasteiger charge is -2.32. The van der Waals surface area contributed by atoms with Crippen molar-refractivity contribution in [2.75, 3.05) is 39.3 Å². The van der Waals surface area contributed by atoms with Crippen LogP contribution in [0.2, 0.25) is 0 Å². The Labute approximate surface area is 174 Å². The number of allylic oxidation sites excluding steroid dienone is 2. The number of nitrogens with zero attached hydrogens (tertiary/aromatic N) is 1. The summed E-state index contributed by atoms with van der Waals surface area (Å²) < 4.78 is 5.63. The highest BCUT2D eigenvalue weighted by molar-refractivity contribution is 5.79. The van der Waals surface area contributed by atoms with E-state index in [0.717, 1.165) is 64.3 Å². The molecule has 5 heteroatoms. The van der Waals surface area contributed by atoms with Crippen LogP contribution in [0.4, 0.5) is 0 Å². The number of quaternary nitrogens is 2. The lowest BCUT2D eigenvalue weighted by molar-refractivity contribution is -1.02. The van der Waals surface area contributed by atoms with Crippen LogP contribution < -0.4 is 14.5 Å². The van der Waals surface area contributed by atoms with Gasteiger partial charge in [-0.05, 0) is 62.3 Å². The lowest BCUT2D eigenvalue weighted by atomic mass is 10.0. The summed E-state index contributed by atoms with van der Waals surface area (Å²) in [5, 5.41) is 0. The molecule has 2 aliphatic heterocycles. The summed E-state index contributed by atoms with van der Waals surface area (Å²) in [6, 6.07) is 7.21. The fourth-order valence-corrected chi connectivity index (χ4v) is 5.22. The number of amides is 1. The van der Waals surface area contributed by atoms with Gasteiger partial charge in [-0.15, -0.1) is 0 Å². The zero-order valence-electron chi connectivity index (χ0n) is 17.5. The van der Waals surface area contributed by atoms with Gasteiger partial charge in [0.15, 0.2) is 6.54 Å². The highest BCUT2D eigenvalue weighted by Crippen LogP contribution is 2.33. The first-order valence-electron chi connectivity index (χ1n) is 11.7. The molecular weight excluding hydrogens is 362 g/mol. The summed E-state index contributed by atoms with van der Waals surface area (Å²) in [6.45, 7) is 7.12. The average molecular weight is 398 g/mol. The molecular formula is C24H35N3O2+2. The number of fused-ring (bicyclic) bond motifs is 1. The van der Waals surface area contributed by atoms with Crippen molar-refractivity contribution in [3.8, 4) is 5.75 Å². The maximum atomic E-state index is 13.1. The molecule has 1 aromatic rings. The SMILES string of the molecule is O=C(C[NH+]1CC[NH+](Cc2ccc3c(c2)CCO3)CC1)N(C1=CCCCC1)C1CC1. The molecule has 0 atom stereocenters. The molecule has 0 radical (unpaired) electrons. The van der Waals surface area contributed by atoms with Crippen molar-refractivity contribution < 1.29 is 19.3 Å². The summed E-state index contributed by atoms with van der Waals surface area (Å²) in [7, 11) is 0. The number of rotatable bonds is 6. The minimum atomic E-state index is 0.373. The van der Waals surface area contributed by atoms with E-state index in [9.17, 15) is 4.79 Å². The van der Waals surface area contributed by atoms with Crippen LogP contribution in [0, 0.1) is 0 Å². The molecule has 5 nitrogen and oxygen atoms in total. The van der Waals surface area contributed by atoms with Crippen molar-refractivity contribution in [2.24, 2.45) is 0 Å². The predicted octanol–water partition coefficient (Wildman–Crippen LogP) is 0.354. The fourth-order valence-electron chi connectivity index (χ4n) is 5.22. The van der Waals surface area contributed by atoms with Gasteiger partial charge < -0.3 is 19.4 Å². The third-order valence-electron chi connectivity index (χ3n) is 7.03. The molecule has 1 saturated carbocycles. The van der Waals surface area contributed by atoms with E-state index in [1.807, 2.05) is 0 Å². The van der Waals surface area contributed by atoms with Crippen molar-refractivity contribution >= 4 is 5.91 Å². The van der Waals surface area contributed by atoms with Crippen LogP contribution in [-0.4, -0.2) is 56.2 Å². The van der Waals surface area contributed by atoms with Gasteiger partial charge in [0.1, 0.15) is 38.5 Å². The number of ether oxygens (including phenoxy) is 1. The van der Waals surface area contributed by atoms with Crippen molar-refractivity contribution in [3.63, 3.8) is 0 Å². The molecule has 2 heterocycles. The first-order valence-corrected chi connectivity index (χ1v) is 11.7. The Morgan fingerprint density at radius 1 is 1.07 bits per heavy atom. The Bertz CT molecular complexity index is 778. The van der Waals surface area contributed by atoms with Crippen molar-refractivity contribution in [2.45, 2.75) is 57.5 Å². The summed E-state index contributed by atoms with van der Waals surface area (Å²) in [6.07, 6.45) is 10.5. The molecule has 2 N–H and O–H groups in total. The summed E-state index contributed by atoms with van der Waals surface area (Å²) in [4.78, 5) is 18.4. The molecule has 1 amide bonds. The third-order valence-corrected chi connectivity index (χ3v) is 7.03. The van der Waals surface area contributed by atoms with Crippen LogP contribution in [0.3, 0.4) is 0 Å². The van der Waals surface area contributed by atoms with Gasteiger partial charge >= 0.3 is 0 Å². The maximum Gasteiger partial charge on any atom is 0.282 e. The Morgan fingerprint density at radius 3 is 2.66 bits per heavy atom. The Morgan fingerprint density at radius 2 is 1.90 bits per heavy atom. The largest absolute Gasteiger partial charge is 0.493 e. The summed E-state index contributed by atoms with van der Waals surface area (Å²) in [5.41, 5.74) is 4.12. The predicted molar refractivity (Wildman–Crippen MR) is 112 cm³/mol. The van der Waals surface area contributed by atoms with Crippen LogP contribution in [0.25, 0.3) is 0 Å². The first kappa shape index (κ1) is 19.1. The van der Waals surface area contributed by atoms with Gasteiger partial charge in [-0.25, -0.2) is 0 Å². The van der Waals surface area contributed by atoms with E-state index in [-0.39, 0.29) is 0 Å². The molecule has 2 fully saturated rings. The Balaban J connectivity index is 1.13. The van der Waals surface area contributed by atoms with Gasteiger partial charge in [-0.1, -0.05) is 6.08 Å². The molecule has 0 spiro atoms. The Hall–Kier alpha value is -1.85. The second-order valence-corrected chi connectivity index (χ2v) is 9.33. The number of nitrogens with one attached hydrogen (secondary N) is 2. The molecule has 0 unspecified atom stereocenters. The van der Waals surface area contributed by atoms with Crippen LogP contribution in [0.1, 0.15) is 49.7 Å². The van der Waals surface area contributed by atoms with Crippen LogP contribution >= 0.6 is 0 Å². The van der Waals surface area contributed by atoms with Gasteiger partial charge in [-0.2, -0.15) is 0 Å². The third kappa shape index (κ3) is 4.51. The summed E-state index contributed by atoms with van der Waals surface area (Å²) >= 11 is 0. The molecule has 0 bridgehead atoms. The lowest BCUT2D eigenvalue weighted by Crippen LogP contribution is -3.28. The van der Waals surface area contributed by atoms with Gasteiger partial charge in [0.25, 0.3) is 5.91 Å². The van der Waals surface area contributed by atoms with Gasteiger partial charge in [-0.3, -0.25) is 4.79 Å². The standard InChI is InChI=1S/C24H33N3O2/c28-24(27(22-7-8-22)21-4-2-1-3-5-21)18-26-13-11-25(12-14-26)17-19-6-9-23-20(16-19)10-15-29-23/h4,6,9,16,22H,1-3,5,7-8,10-15,17-18H2/p+2. The van der Waals surface area contributed by atoms with E-state index in [4.69, 9.17) is 4.74 Å². The zero-order chi connectivity index (χ0) is 19.6. The van der Waals surface area contributed by atoms with E-state index < -0.39 is 0 Å². The highest BCUT2D eigenvalue weighted by atomic mass is 16.5. The van der Waals surface area contributed by atoms with Crippen molar-refractivity contribution in [1.82, 2.24) is 4.90 Å². The molecule has 5 rings (SSSR count). The number of carbonyl (C=O) groups is 1. The van der Waals surface area contributed by atoms with Gasteiger partial charge in [0, 0.05) is 23.7 Å². The van der Waals surface area contributed by atoms with Gasteiger partial charge in [0.05, 0.1) is 6.61 Å². The molecule has 29 heavy (non-hydrogen) atoms. The smallest absolute Gasteiger partial charge is 0.282 e. The van der Waals surface area contributed by atoms with Gasteiger partial charge in [0.2, 0.25) is 0 Å². The van der Waals surface area contributed by atoms with Crippen LogP contribution in [0.15, 0.2) is 30.0 Å². The van der Waals surface area contributed by atoms with E-state index in [0.29, 0.717) is 18.5 Å². The molecule has 4 aliphatic rings. The minimum absolute atomic E-state index is 0.373. The Kier molecular flexibility index (Phi) is 5.60. The van der Waals surface area contributed by atoms with E-state index in [2.05, 4.69) is 29.2 Å². The zero-order valence-corrected chi connectivity index (χ0v) is 17.5. The normalized spacial score (nSPS) is 26.4. The average Bonchev–Trinajstić information content (AvgIpc) is 3.46. The number of benzene rings is 1. The molecule has 156 valence electrons. The highest BCUT2D eigenvalue weighted by Gasteiger charge is 2.37. The second kappa shape index (κ2) is 8.49. The molecule has 1 aromatic carbocycles. The second-order valence-electron chi connectivity index (χ2n) is 9.33. The first-order chi connectivity index (χ1) is 14.3. The molecule has 1 saturated heterocycles. The van der Waals surface area contributed by atoms with Crippen molar-refractivity contribution in [3.05, 3.63) is 41.1 Å². The monoisotopic (exact) mass is 397 g/mol. The number of carbonyl (C=O) groups excluding carboxylic acids is 1. The maximum absolute atomic E-state index is 13.1. The minimum Gasteiger partial charge on any atom is -0.493 e. The molecule has 0 aromatic heterocycles. The summed E-state index contributed by atoms with van der Waals surface area (Å²) in [5.74, 6) is 1.45. The topological polar surface area (TPSA) is 38.4 Å². The van der Waals surface area contributed by atoms with E-state index in [1.54, 1.807) is 4.90 Å². The van der Waals surface area contributed by atoms with Crippen molar-refractivity contribution in [1.29, 1.82) is 0 Å². The number of hydrogen-bond acceptors (Lipinski definition) is 2. The number of hydrogen-bond donors (Lipinski definition) is 2. The quantitative estimate of drug-likeness (QED) is 0.727.